The molecule has 0 saturated heterocycles. The van der Waals surface area contributed by atoms with Gasteiger partial charge >= 0.3 is 6.03 Å². The molecule has 8 heteroatoms. The topological polar surface area (TPSA) is 89.1 Å². The lowest BCUT2D eigenvalue weighted by Crippen LogP contribution is -2.30. The van der Waals surface area contributed by atoms with Crippen molar-refractivity contribution in [3.63, 3.8) is 0 Å². The van der Waals surface area contributed by atoms with Crippen molar-refractivity contribution in [3.8, 4) is 5.69 Å². The zero-order chi connectivity index (χ0) is 16.2. The number of furan rings is 1. The number of amides is 2. The van der Waals surface area contributed by atoms with Crippen molar-refractivity contribution in [2.45, 2.75) is 13.5 Å². The highest BCUT2D eigenvalue weighted by molar-refractivity contribution is 5.89. The van der Waals surface area contributed by atoms with Gasteiger partial charge in [0.2, 0.25) is 0 Å². The summed E-state index contributed by atoms with van der Waals surface area (Å²) in [4.78, 5) is 13.7. The third-order valence-electron chi connectivity index (χ3n) is 3.36. The predicted molar refractivity (Wildman–Crippen MR) is 83.1 cm³/mol. The highest BCUT2D eigenvalue weighted by Crippen LogP contribution is 2.18. The minimum atomic E-state index is -0.212. The van der Waals surface area contributed by atoms with Gasteiger partial charge in [-0.1, -0.05) is 0 Å². The molecule has 8 nitrogen and oxygen atoms in total. The molecule has 2 amide bonds. The molecule has 0 aliphatic heterocycles. The van der Waals surface area contributed by atoms with E-state index >= 15 is 0 Å². The molecule has 0 atom stereocenters. The fourth-order valence-corrected chi connectivity index (χ4v) is 2.19. The number of hydrogen-bond donors (Lipinski definition) is 1. The molecule has 118 valence electrons. The first kappa shape index (κ1) is 14.8. The Balaban J connectivity index is 1.68. The molecular weight excluding hydrogens is 296 g/mol. The van der Waals surface area contributed by atoms with Crippen LogP contribution in [0.15, 0.2) is 47.3 Å². The van der Waals surface area contributed by atoms with Crippen LogP contribution in [0.1, 0.15) is 11.3 Å². The van der Waals surface area contributed by atoms with E-state index in [1.54, 1.807) is 29.0 Å². The minimum absolute atomic E-state index is 0.212. The van der Waals surface area contributed by atoms with Crippen LogP contribution in [0.3, 0.4) is 0 Å². The Hall–Kier alpha value is -3.16. The summed E-state index contributed by atoms with van der Waals surface area (Å²) in [5.41, 5.74) is 2.51. The van der Waals surface area contributed by atoms with Crippen LogP contribution in [-0.2, 0) is 6.54 Å². The number of aryl methyl sites for hydroxylation is 1. The van der Waals surface area contributed by atoms with Crippen LogP contribution in [0.4, 0.5) is 10.5 Å². The van der Waals surface area contributed by atoms with E-state index in [9.17, 15) is 4.79 Å². The Bertz CT molecular complexity index is 782. The fourth-order valence-electron chi connectivity index (χ4n) is 2.19. The lowest BCUT2D eigenvalue weighted by atomic mass is 10.2. The van der Waals surface area contributed by atoms with Crippen LogP contribution in [0.5, 0.6) is 0 Å². The van der Waals surface area contributed by atoms with Crippen molar-refractivity contribution in [2.75, 3.05) is 12.4 Å². The van der Waals surface area contributed by atoms with Crippen molar-refractivity contribution in [1.29, 1.82) is 0 Å². The summed E-state index contributed by atoms with van der Waals surface area (Å²) >= 11 is 0. The third kappa shape index (κ3) is 3.37. The van der Waals surface area contributed by atoms with Gasteiger partial charge in [-0.2, -0.15) is 0 Å². The van der Waals surface area contributed by atoms with E-state index in [-0.39, 0.29) is 6.03 Å². The number of anilines is 1. The number of nitrogens with one attached hydrogen (secondary N) is 1. The summed E-state index contributed by atoms with van der Waals surface area (Å²) in [5.74, 6) is 0.730. The Labute approximate surface area is 132 Å². The van der Waals surface area contributed by atoms with E-state index in [0.29, 0.717) is 12.2 Å². The summed E-state index contributed by atoms with van der Waals surface area (Å²) in [6.45, 7) is 2.33. The SMILES string of the molecule is Cc1cc(NC(=O)N(C)Cc2ccco2)ccc1-n1cnnn1. The monoisotopic (exact) mass is 312 g/mol. The van der Waals surface area contributed by atoms with Crippen molar-refractivity contribution in [1.82, 2.24) is 25.1 Å². The quantitative estimate of drug-likeness (QED) is 0.798. The van der Waals surface area contributed by atoms with E-state index < -0.39 is 0 Å². The molecule has 0 radical (unpaired) electrons. The van der Waals surface area contributed by atoms with Gasteiger partial charge in [0, 0.05) is 12.7 Å². The molecule has 0 unspecified atom stereocenters. The van der Waals surface area contributed by atoms with Crippen molar-refractivity contribution < 1.29 is 9.21 Å². The standard InChI is InChI=1S/C15H16N6O2/c1-11-8-12(5-6-14(11)21-10-16-18-19-21)17-15(22)20(2)9-13-4-3-7-23-13/h3-8,10H,9H2,1-2H3,(H,17,22). The van der Waals surface area contributed by atoms with Gasteiger partial charge in [-0.15, -0.1) is 5.10 Å². The molecule has 0 aliphatic carbocycles. The first-order valence-corrected chi connectivity index (χ1v) is 7.02. The first-order chi connectivity index (χ1) is 11.1. The highest BCUT2D eigenvalue weighted by Gasteiger charge is 2.12. The Kier molecular flexibility index (Phi) is 4.05. The average Bonchev–Trinajstić information content (AvgIpc) is 3.20. The molecule has 2 heterocycles. The molecule has 0 aliphatic rings. The van der Waals surface area contributed by atoms with Gasteiger partial charge in [-0.3, -0.25) is 0 Å². The van der Waals surface area contributed by atoms with Crippen molar-refractivity contribution in [2.24, 2.45) is 0 Å². The normalized spacial score (nSPS) is 10.5. The Morgan fingerprint density at radius 3 is 2.91 bits per heavy atom. The van der Waals surface area contributed by atoms with E-state index in [0.717, 1.165) is 17.0 Å². The zero-order valence-corrected chi connectivity index (χ0v) is 12.8. The molecule has 1 aromatic carbocycles. The van der Waals surface area contributed by atoms with Gasteiger partial charge in [0.15, 0.2) is 0 Å². The minimum Gasteiger partial charge on any atom is -0.467 e. The molecule has 0 fully saturated rings. The van der Waals surface area contributed by atoms with Crippen LogP contribution in [0, 0.1) is 6.92 Å². The molecule has 0 bridgehead atoms. The molecule has 2 aromatic heterocycles. The maximum atomic E-state index is 12.2. The highest BCUT2D eigenvalue weighted by atomic mass is 16.3. The summed E-state index contributed by atoms with van der Waals surface area (Å²) in [5, 5.41) is 13.9. The molecule has 0 saturated carbocycles. The maximum Gasteiger partial charge on any atom is 0.321 e. The summed E-state index contributed by atoms with van der Waals surface area (Å²) in [6, 6.07) is 8.94. The van der Waals surface area contributed by atoms with Gasteiger partial charge in [-0.05, 0) is 53.2 Å². The summed E-state index contributed by atoms with van der Waals surface area (Å²) in [7, 11) is 1.71. The van der Waals surface area contributed by atoms with E-state index in [2.05, 4.69) is 20.8 Å². The number of rotatable bonds is 4. The second-order valence-electron chi connectivity index (χ2n) is 5.12. The van der Waals surface area contributed by atoms with Crippen LogP contribution in [-0.4, -0.2) is 38.2 Å². The molecule has 1 N–H and O–H groups in total. The number of urea groups is 1. The van der Waals surface area contributed by atoms with E-state index in [4.69, 9.17) is 4.42 Å². The van der Waals surface area contributed by atoms with Crippen molar-refractivity contribution in [3.05, 3.63) is 54.2 Å². The zero-order valence-electron chi connectivity index (χ0n) is 12.8. The smallest absolute Gasteiger partial charge is 0.321 e. The van der Waals surface area contributed by atoms with Crippen LogP contribution in [0.25, 0.3) is 5.69 Å². The Morgan fingerprint density at radius 1 is 1.39 bits per heavy atom. The average molecular weight is 312 g/mol. The summed E-state index contributed by atoms with van der Waals surface area (Å²) < 4.78 is 6.81. The number of carbonyl (C=O) groups excluding carboxylic acids is 1. The predicted octanol–water partition coefficient (Wildman–Crippen LogP) is 2.23. The number of nitrogens with zero attached hydrogens (tertiary/aromatic N) is 5. The van der Waals surface area contributed by atoms with Gasteiger partial charge in [0.1, 0.15) is 12.1 Å². The van der Waals surface area contributed by atoms with E-state index in [1.807, 2.05) is 31.2 Å². The number of aromatic nitrogens is 4. The van der Waals surface area contributed by atoms with Crippen LogP contribution < -0.4 is 5.32 Å². The molecule has 3 rings (SSSR count). The van der Waals surface area contributed by atoms with Gasteiger partial charge in [0.05, 0.1) is 18.5 Å². The van der Waals surface area contributed by atoms with Gasteiger partial charge < -0.3 is 14.6 Å². The molecule has 3 aromatic rings. The van der Waals surface area contributed by atoms with Crippen LogP contribution >= 0.6 is 0 Å². The Morgan fingerprint density at radius 2 is 2.26 bits per heavy atom. The number of tetrazole rings is 1. The third-order valence-corrected chi connectivity index (χ3v) is 3.36. The number of carbonyl (C=O) groups is 1. The van der Waals surface area contributed by atoms with Crippen molar-refractivity contribution >= 4 is 11.7 Å². The maximum absolute atomic E-state index is 12.2. The fraction of sp³-hybridized carbons (Fsp3) is 0.200. The lowest BCUT2D eigenvalue weighted by molar-refractivity contribution is 0.217. The first-order valence-electron chi connectivity index (χ1n) is 7.02. The second-order valence-corrected chi connectivity index (χ2v) is 5.12. The summed E-state index contributed by atoms with van der Waals surface area (Å²) in [6.07, 6.45) is 3.11. The van der Waals surface area contributed by atoms with Crippen LogP contribution in [0.2, 0.25) is 0 Å². The molecular formula is C15H16N6O2. The molecule has 0 spiro atoms. The largest absolute Gasteiger partial charge is 0.467 e. The van der Waals surface area contributed by atoms with E-state index in [1.165, 1.54) is 6.33 Å². The second kappa shape index (κ2) is 6.30. The number of hydrogen-bond acceptors (Lipinski definition) is 5. The van der Waals surface area contributed by atoms with Gasteiger partial charge in [0.25, 0.3) is 0 Å². The molecule has 23 heavy (non-hydrogen) atoms. The lowest BCUT2D eigenvalue weighted by Gasteiger charge is -2.17. The van der Waals surface area contributed by atoms with Gasteiger partial charge in [-0.25, -0.2) is 9.48 Å². The number of benzene rings is 1.